The molecule has 0 amide bonds. The normalized spacial score (nSPS) is 14.0. The lowest BCUT2D eigenvalue weighted by molar-refractivity contribution is 0.0990. The van der Waals surface area contributed by atoms with Crippen molar-refractivity contribution in [1.82, 2.24) is 4.57 Å². The zero-order chi connectivity index (χ0) is 16.0. The van der Waals surface area contributed by atoms with Crippen molar-refractivity contribution in [1.29, 1.82) is 0 Å². The second kappa shape index (κ2) is 5.09. The SMILES string of the molecule is Cc1cc(C=C2C(=O)c3ccccc3C2=O)c(C)n1C(C)C. The van der Waals surface area contributed by atoms with E-state index >= 15 is 0 Å². The smallest absolute Gasteiger partial charge is 0.197 e. The predicted molar refractivity (Wildman–Crippen MR) is 87.4 cm³/mol. The quantitative estimate of drug-likeness (QED) is 0.616. The second-order valence-corrected chi connectivity index (χ2v) is 6.05. The van der Waals surface area contributed by atoms with Gasteiger partial charge in [-0.1, -0.05) is 24.3 Å². The Morgan fingerprint density at radius 3 is 2.00 bits per heavy atom. The number of aromatic nitrogens is 1. The van der Waals surface area contributed by atoms with Crippen LogP contribution in [0.3, 0.4) is 0 Å². The zero-order valence-corrected chi connectivity index (χ0v) is 13.3. The van der Waals surface area contributed by atoms with Crippen molar-refractivity contribution in [2.24, 2.45) is 0 Å². The van der Waals surface area contributed by atoms with Crippen LogP contribution < -0.4 is 0 Å². The highest BCUT2D eigenvalue weighted by atomic mass is 16.2. The maximum absolute atomic E-state index is 12.5. The van der Waals surface area contributed by atoms with E-state index in [4.69, 9.17) is 0 Å². The van der Waals surface area contributed by atoms with Crippen LogP contribution in [0, 0.1) is 13.8 Å². The first-order chi connectivity index (χ1) is 10.4. The molecule has 3 nitrogen and oxygen atoms in total. The fourth-order valence-corrected chi connectivity index (χ4v) is 3.30. The Bertz CT molecular complexity index is 785. The van der Waals surface area contributed by atoms with E-state index < -0.39 is 0 Å². The van der Waals surface area contributed by atoms with Crippen molar-refractivity contribution < 1.29 is 9.59 Å². The molecule has 0 fully saturated rings. The van der Waals surface area contributed by atoms with Crippen LogP contribution in [0.15, 0.2) is 35.9 Å². The number of carbonyl (C=O) groups is 2. The molecule has 0 aliphatic heterocycles. The lowest BCUT2D eigenvalue weighted by Gasteiger charge is -2.13. The summed E-state index contributed by atoms with van der Waals surface area (Å²) in [4.78, 5) is 24.9. The van der Waals surface area contributed by atoms with E-state index in [1.165, 1.54) is 0 Å². The standard InChI is InChI=1S/C19H19NO2/c1-11(2)20-12(3)9-14(13(20)4)10-17-18(21)15-7-5-6-8-16(15)19(17)22/h5-11H,1-4H3. The van der Waals surface area contributed by atoms with Gasteiger partial charge in [-0.2, -0.15) is 0 Å². The number of rotatable bonds is 2. The minimum absolute atomic E-state index is 0.171. The first-order valence-corrected chi connectivity index (χ1v) is 7.50. The van der Waals surface area contributed by atoms with E-state index in [0.717, 1.165) is 17.0 Å². The topological polar surface area (TPSA) is 39.1 Å². The molecular weight excluding hydrogens is 274 g/mol. The van der Waals surface area contributed by atoms with E-state index in [1.54, 1.807) is 30.3 Å². The molecule has 1 aromatic heterocycles. The summed E-state index contributed by atoms with van der Waals surface area (Å²) in [5, 5.41) is 0. The third-order valence-corrected chi connectivity index (χ3v) is 4.25. The zero-order valence-electron chi connectivity index (χ0n) is 13.3. The van der Waals surface area contributed by atoms with Gasteiger partial charge in [-0.3, -0.25) is 9.59 Å². The van der Waals surface area contributed by atoms with Gasteiger partial charge in [0.05, 0.1) is 5.57 Å². The Labute approximate surface area is 130 Å². The molecule has 1 aliphatic carbocycles. The lowest BCUT2D eigenvalue weighted by Crippen LogP contribution is -2.05. The van der Waals surface area contributed by atoms with Gasteiger partial charge in [0.25, 0.3) is 0 Å². The maximum Gasteiger partial charge on any atom is 0.197 e. The van der Waals surface area contributed by atoms with Crippen molar-refractivity contribution in [3.63, 3.8) is 0 Å². The fraction of sp³-hybridized carbons (Fsp3) is 0.263. The maximum atomic E-state index is 12.5. The lowest BCUT2D eigenvalue weighted by atomic mass is 10.1. The van der Waals surface area contributed by atoms with Crippen molar-refractivity contribution in [2.75, 3.05) is 0 Å². The Kier molecular flexibility index (Phi) is 3.36. The Hall–Kier alpha value is -2.42. The summed E-state index contributed by atoms with van der Waals surface area (Å²) in [6.45, 7) is 8.32. The highest BCUT2D eigenvalue weighted by Gasteiger charge is 2.32. The van der Waals surface area contributed by atoms with Crippen molar-refractivity contribution in [3.8, 4) is 0 Å². The highest BCUT2D eigenvalue weighted by molar-refractivity contribution is 6.41. The van der Waals surface area contributed by atoms with Gasteiger partial charge in [-0.05, 0) is 45.4 Å². The number of carbonyl (C=O) groups excluding carboxylic acids is 2. The van der Waals surface area contributed by atoms with Crippen LogP contribution >= 0.6 is 0 Å². The molecule has 1 aliphatic rings. The van der Waals surface area contributed by atoms with Crippen LogP contribution in [0.2, 0.25) is 0 Å². The number of fused-ring (bicyclic) bond motifs is 1. The molecule has 0 spiro atoms. The molecule has 0 saturated heterocycles. The van der Waals surface area contributed by atoms with Gasteiger partial charge in [0.15, 0.2) is 11.6 Å². The molecule has 0 atom stereocenters. The number of allylic oxidation sites excluding steroid dienone is 1. The number of aryl methyl sites for hydroxylation is 1. The van der Waals surface area contributed by atoms with Crippen LogP contribution in [0.5, 0.6) is 0 Å². The minimum atomic E-state index is -0.171. The first kappa shape index (κ1) is 14.5. The van der Waals surface area contributed by atoms with E-state index in [-0.39, 0.29) is 17.1 Å². The predicted octanol–water partition coefficient (Wildman–Crippen LogP) is 4.15. The van der Waals surface area contributed by atoms with Crippen LogP contribution in [0.4, 0.5) is 0 Å². The summed E-state index contributed by atoms with van der Waals surface area (Å²) in [5.74, 6) is -0.343. The fourth-order valence-electron chi connectivity index (χ4n) is 3.30. The van der Waals surface area contributed by atoms with Crippen molar-refractivity contribution in [2.45, 2.75) is 33.7 Å². The average molecular weight is 293 g/mol. The summed E-state index contributed by atoms with van der Waals surface area (Å²) in [7, 11) is 0. The van der Waals surface area contributed by atoms with Crippen LogP contribution in [0.25, 0.3) is 6.08 Å². The number of nitrogens with zero attached hydrogens (tertiary/aromatic N) is 1. The van der Waals surface area contributed by atoms with Gasteiger partial charge in [-0.25, -0.2) is 0 Å². The van der Waals surface area contributed by atoms with E-state index in [1.807, 2.05) is 19.9 Å². The third-order valence-electron chi connectivity index (χ3n) is 4.25. The van der Waals surface area contributed by atoms with Gasteiger partial charge in [0.1, 0.15) is 0 Å². The Morgan fingerprint density at radius 1 is 1.00 bits per heavy atom. The van der Waals surface area contributed by atoms with Gasteiger partial charge < -0.3 is 4.57 Å². The van der Waals surface area contributed by atoms with Crippen LogP contribution in [-0.2, 0) is 0 Å². The molecule has 0 N–H and O–H groups in total. The van der Waals surface area contributed by atoms with E-state index in [9.17, 15) is 9.59 Å². The number of hydrogen-bond donors (Lipinski definition) is 0. The Morgan fingerprint density at radius 2 is 1.55 bits per heavy atom. The van der Waals surface area contributed by atoms with Crippen molar-refractivity contribution >= 4 is 17.6 Å². The van der Waals surface area contributed by atoms with Gasteiger partial charge >= 0.3 is 0 Å². The molecule has 2 aromatic rings. The molecule has 3 heteroatoms. The molecular formula is C19H19NO2. The monoisotopic (exact) mass is 293 g/mol. The van der Waals surface area contributed by atoms with E-state index in [2.05, 4.69) is 18.4 Å². The molecule has 3 rings (SSSR count). The number of Topliss-reactive ketones (excluding diaryl/α,β-unsaturated/α-hetero) is 2. The second-order valence-electron chi connectivity index (χ2n) is 6.05. The largest absolute Gasteiger partial charge is 0.346 e. The van der Waals surface area contributed by atoms with Crippen molar-refractivity contribution in [3.05, 3.63) is 64.0 Å². The number of benzene rings is 1. The van der Waals surface area contributed by atoms with Gasteiger partial charge in [0, 0.05) is 28.6 Å². The number of hydrogen-bond acceptors (Lipinski definition) is 2. The van der Waals surface area contributed by atoms with Crippen LogP contribution in [0.1, 0.15) is 57.6 Å². The van der Waals surface area contributed by atoms with Gasteiger partial charge in [0.2, 0.25) is 0 Å². The molecule has 22 heavy (non-hydrogen) atoms. The summed E-state index contributed by atoms with van der Waals surface area (Å²) in [6, 6.07) is 9.39. The average Bonchev–Trinajstić information content (AvgIpc) is 2.89. The molecule has 0 saturated carbocycles. The summed E-state index contributed by atoms with van der Waals surface area (Å²) in [6.07, 6.45) is 1.74. The summed E-state index contributed by atoms with van der Waals surface area (Å²) in [5.41, 5.74) is 4.44. The molecule has 0 unspecified atom stereocenters. The minimum Gasteiger partial charge on any atom is -0.346 e. The molecule has 1 aromatic carbocycles. The molecule has 1 heterocycles. The molecule has 0 radical (unpaired) electrons. The molecule has 112 valence electrons. The summed E-state index contributed by atoms with van der Waals surface area (Å²) >= 11 is 0. The Balaban J connectivity index is 2.11. The van der Waals surface area contributed by atoms with Crippen LogP contribution in [-0.4, -0.2) is 16.1 Å². The third kappa shape index (κ3) is 2.05. The number of ketones is 2. The van der Waals surface area contributed by atoms with E-state index in [0.29, 0.717) is 17.2 Å². The summed E-state index contributed by atoms with van der Waals surface area (Å²) < 4.78 is 2.21. The first-order valence-electron chi connectivity index (χ1n) is 7.50. The highest BCUT2D eigenvalue weighted by Crippen LogP contribution is 2.29. The van der Waals surface area contributed by atoms with Gasteiger partial charge in [-0.15, -0.1) is 0 Å². The molecule has 0 bridgehead atoms.